The van der Waals surface area contributed by atoms with Crippen LogP contribution < -0.4 is 10.1 Å². The lowest BCUT2D eigenvalue weighted by atomic mass is 10.0. The molecular weight excluding hydrogens is 352 g/mol. The molecule has 0 bridgehead atoms. The lowest BCUT2D eigenvalue weighted by Gasteiger charge is -2.14. The Balaban J connectivity index is 1.65. The second kappa shape index (κ2) is 7.52. The van der Waals surface area contributed by atoms with Gasteiger partial charge in [0.2, 0.25) is 0 Å². The number of aryl methyl sites for hydroxylation is 1. The van der Waals surface area contributed by atoms with E-state index < -0.39 is 0 Å². The van der Waals surface area contributed by atoms with Gasteiger partial charge in [-0.05, 0) is 42.8 Å². The van der Waals surface area contributed by atoms with E-state index in [9.17, 15) is 4.79 Å². The third kappa shape index (κ3) is 3.32. The second-order valence-corrected chi connectivity index (χ2v) is 6.30. The summed E-state index contributed by atoms with van der Waals surface area (Å²) in [5.74, 6) is 1.93. The van der Waals surface area contributed by atoms with E-state index in [4.69, 9.17) is 4.74 Å². The third-order valence-corrected chi connectivity index (χ3v) is 4.50. The number of aromatic nitrogens is 3. The van der Waals surface area contributed by atoms with Crippen LogP contribution in [0.2, 0.25) is 0 Å². The van der Waals surface area contributed by atoms with Crippen molar-refractivity contribution in [3.63, 3.8) is 0 Å². The highest BCUT2D eigenvalue weighted by atomic mass is 16.5. The number of rotatable bonds is 5. The lowest BCUT2D eigenvalue weighted by Crippen LogP contribution is -2.14. The van der Waals surface area contributed by atoms with Crippen molar-refractivity contribution in [1.29, 1.82) is 0 Å². The summed E-state index contributed by atoms with van der Waals surface area (Å²) in [7, 11) is 0. The molecule has 0 unspecified atom stereocenters. The smallest absolute Gasteiger partial charge is 0.260 e. The molecular formula is C22H20N4O2. The highest BCUT2D eigenvalue weighted by Crippen LogP contribution is 2.29. The van der Waals surface area contributed by atoms with Crippen molar-refractivity contribution in [2.75, 3.05) is 11.9 Å². The van der Waals surface area contributed by atoms with Crippen molar-refractivity contribution in [3.05, 3.63) is 78.5 Å². The zero-order valence-electron chi connectivity index (χ0n) is 15.7. The first-order chi connectivity index (χ1) is 13.7. The Morgan fingerprint density at radius 1 is 1.11 bits per heavy atom. The topological polar surface area (TPSA) is 69.0 Å². The third-order valence-electron chi connectivity index (χ3n) is 4.50. The minimum atomic E-state index is -0.228. The molecule has 2 aromatic heterocycles. The molecule has 4 rings (SSSR count). The van der Waals surface area contributed by atoms with E-state index in [1.54, 1.807) is 12.4 Å². The summed E-state index contributed by atoms with van der Waals surface area (Å²) < 4.78 is 7.58. The minimum Gasteiger partial charge on any atom is -0.493 e. The molecule has 0 spiro atoms. The predicted molar refractivity (Wildman–Crippen MR) is 109 cm³/mol. The van der Waals surface area contributed by atoms with Crippen LogP contribution in [0.1, 0.15) is 23.1 Å². The molecule has 0 aliphatic rings. The van der Waals surface area contributed by atoms with Crippen molar-refractivity contribution in [2.24, 2.45) is 0 Å². The van der Waals surface area contributed by atoms with Gasteiger partial charge in [0, 0.05) is 12.4 Å². The van der Waals surface area contributed by atoms with Gasteiger partial charge in [-0.1, -0.05) is 30.3 Å². The first-order valence-corrected chi connectivity index (χ1v) is 9.09. The number of carbonyl (C=O) groups is 1. The molecule has 28 heavy (non-hydrogen) atoms. The number of nitrogens with one attached hydrogen (secondary N) is 1. The van der Waals surface area contributed by atoms with Crippen LogP contribution in [0.3, 0.4) is 0 Å². The molecule has 2 heterocycles. The van der Waals surface area contributed by atoms with Gasteiger partial charge in [0.1, 0.15) is 17.4 Å². The van der Waals surface area contributed by atoms with Crippen LogP contribution in [0.25, 0.3) is 16.6 Å². The summed E-state index contributed by atoms with van der Waals surface area (Å²) in [4.78, 5) is 21.7. The first-order valence-electron chi connectivity index (χ1n) is 9.09. The number of imidazole rings is 1. The van der Waals surface area contributed by atoms with E-state index in [1.807, 2.05) is 73.1 Å². The maximum Gasteiger partial charge on any atom is 0.260 e. The van der Waals surface area contributed by atoms with E-state index in [0.717, 1.165) is 22.4 Å². The van der Waals surface area contributed by atoms with Gasteiger partial charge in [-0.15, -0.1) is 0 Å². The SMILES string of the molecule is CCOc1ccc2ccccc2c1C(=O)Nc1ccc(-n2ccnc2C)nc1. The summed E-state index contributed by atoms with van der Waals surface area (Å²) in [6.07, 6.45) is 5.21. The Morgan fingerprint density at radius 3 is 2.68 bits per heavy atom. The van der Waals surface area contributed by atoms with Gasteiger partial charge in [0.05, 0.1) is 24.1 Å². The van der Waals surface area contributed by atoms with Crippen molar-refractivity contribution in [2.45, 2.75) is 13.8 Å². The van der Waals surface area contributed by atoms with Crippen LogP contribution in [-0.2, 0) is 0 Å². The number of hydrogen-bond donors (Lipinski definition) is 1. The zero-order valence-corrected chi connectivity index (χ0v) is 15.7. The Labute approximate surface area is 162 Å². The van der Waals surface area contributed by atoms with Gasteiger partial charge in [-0.2, -0.15) is 0 Å². The summed E-state index contributed by atoms with van der Waals surface area (Å²) >= 11 is 0. The lowest BCUT2D eigenvalue weighted by molar-refractivity contribution is 0.102. The molecule has 140 valence electrons. The molecule has 1 N–H and O–H groups in total. The van der Waals surface area contributed by atoms with Crippen LogP contribution in [0.4, 0.5) is 5.69 Å². The number of amides is 1. The number of benzene rings is 2. The molecule has 0 saturated heterocycles. The summed E-state index contributed by atoms with van der Waals surface area (Å²) in [6.45, 7) is 4.30. The van der Waals surface area contributed by atoms with Crippen LogP contribution in [0.5, 0.6) is 5.75 Å². The van der Waals surface area contributed by atoms with Crippen LogP contribution in [-0.4, -0.2) is 27.0 Å². The highest BCUT2D eigenvalue weighted by Gasteiger charge is 2.17. The largest absolute Gasteiger partial charge is 0.493 e. The average Bonchev–Trinajstić information content (AvgIpc) is 3.14. The molecule has 0 fully saturated rings. The van der Waals surface area contributed by atoms with E-state index >= 15 is 0 Å². The molecule has 0 saturated carbocycles. The van der Waals surface area contributed by atoms with Gasteiger partial charge >= 0.3 is 0 Å². The van der Waals surface area contributed by atoms with E-state index in [2.05, 4.69) is 15.3 Å². The number of carbonyl (C=O) groups excluding carboxylic acids is 1. The fraction of sp³-hybridized carbons (Fsp3) is 0.136. The van der Waals surface area contributed by atoms with Crippen molar-refractivity contribution in [1.82, 2.24) is 14.5 Å². The molecule has 4 aromatic rings. The van der Waals surface area contributed by atoms with E-state index in [-0.39, 0.29) is 5.91 Å². The average molecular weight is 372 g/mol. The zero-order chi connectivity index (χ0) is 19.5. The summed E-state index contributed by atoms with van der Waals surface area (Å²) in [5.41, 5.74) is 1.14. The molecule has 6 heteroatoms. The first kappa shape index (κ1) is 17.7. The van der Waals surface area contributed by atoms with Crippen LogP contribution in [0.15, 0.2) is 67.1 Å². The maximum absolute atomic E-state index is 13.1. The number of anilines is 1. The Kier molecular flexibility index (Phi) is 4.76. The second-order valence-electron chi connectivity index (χ2n) is 6.30. The van der Waals surface area contributed by atoms with Gasteiger partial charge in [0.15, 0.2) is 0 Å². The minimum absolute atomic E-state index is 0.228. The highest BCUT2D eigenvalue weighted by molar-refractivity contribution is 6.15. The number of ether oxygens (including phenoxy) is 1. The molecule has 0 aliphatic heterocycles. The maximum atomic E-state index is 13.1. The van der Waals surface area contributed by atoms with Crippen LogP contribution >= 0.6 is 0 Å². The molecule has 0 atom stereocenters. The van der Waals surface area contributed by atoms with Gasteiger partial charge in [0.25, 0.3) is 5.91 Å². The molecule has 2 aromatic carbocycles. The fourth-order valence-corrected chi connectivity index (χ4v) is 3.18. The molecule has 6 nitrogen and oxygen atoms in total. The Morgan fingerprint density at radius 2 is 1.96 bits per heavy atom. The van der Waals surface area contributed by atoms with Crippen molar-refractivity contribution < 1.29 is 9.53 Å². The summed E-state index contributed by atoms with van der Waals surface area (Å²) in [5, 5.41) is 4.77. The number of hydrogen-bond acceptors (Lipinski definition) is 4. The van der Waals surface area contributed by atoms with Gasteiger partial charge < -0.3 is 10.1 Å². The van der Waals surface area contributed by atoms with Crippen molar-refractivity contribution >= 4 is 22.4 Å². The van der Waals surface area contributed by atoms with Crippen LogP contribution in [0, 0.1) is 6.92 Å². The monoisotopic (exact) mass is 372 g/mol. The fourth-order valence-electron chi connectivity index (χ4n) is 3.18. The Bertz CT molecular complexity index is 1130. The normalized spacial score (nSPS) is 10.8. The van der Waals surface area contributed by atoms with Crippen molar-refractivity contribution in [3.8, 4) is 11.6 Å². The van der Waals surface area contributed by atoms with E-state index in [1.165, 1.54) is 0 Å². The number of nitrogens with zero attached hydrogens (tertiary/aromatic N) is 3. The number of fused-ring (bicyclic) bond motifs is 1. The van der Waals surface area contributed by atoms with E-state index in [0.29, 0.717) is 23.6 Å². The Hall–Kier alpha value is -3.67. The summed E-state index contributed by atoms with van der Waals surface area (Å²) in [6, 6.07) is 15.2. The van der Waals surface area contributed by atoms with Gasteiger partial charge in [-0.25, -0.2) is 9.97 Å². The molecule has 1 amide bonds. The quantitative estimate of drug-likeness (QED) is 0.564. The predicted octanol–water partition coefficient (Wildman–Crippen LogP) is 4.38. The molecule has 0 aliphatic carbocycles. The molecule has 0 radical (unpaired) electrons. The number of pyridine rings is 1. The standard InChI is InChI=1S/C22H20N4O2/c1-3-28-19-10-8-16-6-4-5-7-18(16)21(19)22(27)25-17-9-11-20(24-14-17)26-13-12-23-15(26)2/h4-14H,3H2,1-2H3,(H,25,27). The van der Waals surface area contributed by atoms with Gasteiger partial charge in [-0.3, -0.25) is 9.36 Å².